The molecule has 2 aromatic carbocycles. The molecule has 164 valence electrons. The van der Waals surface area contributed by atoms with Gasteiger partial charge in [-0.1, -0.05) is 113 Å². The summed E-state index contributed by atoms with van der Waals surface area (Å²) >= 11 is 0. The highest BCUT2D eigenvalue weighted by Gasteiger charge is 2.34. The Labute approximate surface area is 185 Å². The molecule has 0 aliphatic carbocycles. The van der Waals surface area contributed by atoms with E-state index in [0.717, 1.165) is 47.5 Å². The van der Waals surface area contributed by atoms with Gasteiger partial charge in [0, 0.05) is 16.3 Å². The lowest BCUT2D eigenvalue weighted by Gasteiger charge is -2.36. The van der Waals surface area contributed by atoms with E-state index in [1.54, 1.807) is 0 Å². The average molecular weight is 427 g/mol. The fourth-order valence-electron chi connectivity index (χ4n) is 3.87. The van der Waals surface area contributed by atoms with E-state index in [4.69, 9.17) is 0 Å². The topological polar surface area (TPSA) is 37.3 Å². The molecule has 0 bridgehead atoms. The van der Waals surface area contributed by atoms with Crippen LogP contribution in [-0.2, 0) is 16.0 Å². The summed E-state index contributed by atoms with van der Waals surface area (Å²) in [5, 5.41) is 12.3. The molecule has 0 radical (unpaired) electrons. The number of rotatable bonds is 7. The Hall–Kier alpha value is -1.66. The van der Waals surface area contributed by atoms with E-state index in [-0.39, 0.29) is 16.0 Å². The van der Waals surface area contributed by atoms with Gasteiger partial charge < -0.3 is 5.11 Å². The van der Waals surface area contributed by atoms with Crippen LogP contribution in [0.2, 0.25) is 0 Å². The van der Waals surface area contributed by atoms with Crippen LogP contribution in [0.15, 0.2) is 36.4 Å². The van der Waals surface area contributed by atoms with Crippen molar-refractivity contribution < 1.29 is 9.90 Å². The Balaban J connectivity index is 2.75. The zero-order chi connectivity index (χ0) is 22.7. The number of carbonyl (C=O) groups excluding carboxylic acids is 1. The van der Waals surface area contributed by atoms with Crippen LogP contribution >= 0.6 is 8.58 Å². The van der Waals surface area contributed by atoms with Crippen molar-refractivity contribution in [3.8, 4) is 5.75 Å². The molecule has 2 aromatic rings. The predicted molar refractivity (Wildman–Crippen MR) is 132 cm³/mol. The van der Waals surface area contributed by atoms with Crippen molar-refractivity contribution in [3.05, 3.63) is 58.7 Å². The number of benzene rings is 2. The largest absolute Gasteiger partial charge is 0.507 e. The molecule has 2 unspecified atom stereocenters. The number of phenols is 1. The first-order valence-electron chi connectivity index (χ1n) is 11.0. The lowest BCUT2D eigenvalue weighted by atomic mass is 9.77. The summed E-state index contributed by atoms with van der Waals surface area (Å²) in [4.78, 5) is 11.7. The van der Waals surface area contributed by atoms with E-state index in [1.807, 2.05) is 18.2 Å². The lowest BCUT2D eigenvalue weighted by molar-refractivity contribution is 0.112. The molecule has 0 aliphatic rings. The van der Waals surface area contributed by atoms with E-state index < -0.39 is 0 Å². The minimum absolute atomic E-state index is 0.0159. The molecular formula is C27H39O2P. The monoisotopic (exact) mass is 426 g/mol. The number of carbonyl (C=O) groups is 1. The van der Waals surface area contributed by atoms with Gasteiger partial charge >= 0.3 is 0 Å². The number of phenolic OH excluding ortho intramolecular Hbond substituents is 1. The maximum absolute atomic E-state index is 11.7. The van der Waals surface area contributed by atoms with Crippen molar-refractivity contribution in [3.63, 3.8) is 0 Å². The standard InChI is InChI=1S/C27H39O2P/c1-9-10-15-27(8,30-23-14-12-11-13-19(23)18-28)22-17-20(25(2,3)4)16-21(24(22)29)26(5,6)7/h11-14,16-18,29-30H,9-10,15H2,1-8H3. The van der Waals surface area contributed by atoms with E-state index in [9.17, 15) is 9.90 Å². The second kappa shape index (κ2) is 9.23. The fourth-order valence-corrected chi connectivity index (χ4v) is 5.55. The highest BCUT2D eigenvalue weighted by Crippen LogP contribution is 2.51. The molecule has 2 rings (SSSR count). The summed E-state index contributed by atoms with van der Waals surface area (Å²) in [5.41, 5.74) is 3.85. The third-order valence-corrected chi connectivity index (χ3v) is 7.70. The second-order valence-corrected chi connectivity index (χ2v) is 12.6. The third-order valence-electron chi connectivity index (χ3n) is 5.91. The molecule has 0 saturated carbocycles. The number of hydrogen-bond acceptors (Lipinski definition) is 2. The summed E-state index contributed by atoms with van der Waals surface area (Å²) in [5.74, 6) is 0.421. The van der Waals surface area contributed by atoms with Gasteiger partial charge in [0.2, 0.25) is 0 Å². The Bertz CT molecular complexity index is 887. The highest BCUT2D eigenvalue weighted by atomic mass is 31.1. The van der Waals surface area contributed by atoms with Crippen molar-refractivity contribution in [1.82, 2.24) is 0 Å². The molecule has 1 N–H and O–H groups in total. The predicted octanol–water partition coefficient (Wildman–Crippen LogP) is 7.21. The van der Waals surface area contributed by atoms with E-state index in [1.165, 1.54) is 5.56 Å². The van der Waals surface area contributed by atoms with Crippen LogP contribution in [-0.4, -0.2) is 11.4 Å². The quantitative estimate of drug-likeness (QED) is 0.375. The molecule has 0 spiro atoms. The second-order valence-electron chi connectivity index (χ2n) is 10.7. The molecular weight excluding hydrogens is 387 g/mol. The molecule has 3 heteroatoms. The summed E-state index contributed by atoms with van der Waals surface area (Å²) in [7, 11) is 0.406. The van der Waals surface area contributed by atoms with Crippen LogP contribution in [0.25, 0.3) is 0 Å². The van der Waals surface area contributed by atoms with Crippen LogP contribution < -0.4 is 5.30 Å². The van der Waals surface area contributed by atoms with E-state index in [2.05, 4.69) is 73.6 Å². The van der Waals surface area contributed by atoms with Crippen LogP contribution in [0.5, 0.6) is 5.75 Å². The Kier molecular flexibility index (Phi) is 7.57. The Morgan fingerprint density at radius 3 is 2.07 bits per heavy atom. The van der Waals surface area contributed by atoms with Crippen molar-refractivity contribution in [2.24, 2.45) is 0 Å². The number of aldehydes is 1. The third kappa shape index (κ3) is 5.52. The SMILES string of the molecule is CCCCC(C)(Pc1ccccc1C=O)c1cc(C(C)(C)C)cc(C(C)(C)C)c1O. The Morgan fingerprint density at radius 1 is 0.933 bits per heavy atom. The van der Waals surface area contributed by atoms with Gasteiger partial charge in [-0.2, -0.15) is 0 Å². The summed E-state index contributed by atoms with van der Waals surface area (Å²) in [6, 6.07) is 12.3. The summed E-state index contributed by atoms with van der Waals surface area (Å²) < 4.78 is 0. The van der Waals surface area contributed by atoms with Crippen molar-refractivity contribution in [2.45, 2.75) is 90.6 Å². The molecule has 30 heavy (non-hydrogen) atoms. The van der Waals surface area contributed by atoms with Crippen LogP contribution in [0, 0.1) is 0 Å². The molecule has 0 heterocycles. The zero-order valence-corrected chi connectivity index (χ0v) is 21.0. The average Bonchev–Trinajstić information content (AvgIpc) is 2.65. The van der Waals surface area contributed by atoms with Gasteiger partial charge in [-0.15, -0.1) is 0 Å². The molecule has 2 atom stereocenters. The van der Waals surface area contributed by atoms with Gasteiger partial charge in [0.15, 0.2) is 6.29 Å². The van der Waals surface area contributed by atoms with Crippen LogP contribution in [0.3, 0.4) is 0 Å². The van der Waals surface area contributed by atoms with Crippen LogP contribution in [0.1, 0.15) is 102 Å². The van der Waals surface area contributed by atoms with Gasteiger partial charge in [0.25, 0.3) is 0 Å². The fraction of sp³-hybridized carbons (Fsp3) is 0.519. The van der Waals surface area contributed by atoms with Gasteiger partial charge in [-0.3, -0.25) is 4.79 Å². The minimum Gasteiger partial charge on any atom is -0.507 e. The minimum atomic E-state index is -0.236. The van der Waals surface area contributed by atoms with E-state index >= 15 is 0 Å². The van der Waals surface area contributed by atoms with E-state index in [0.29, 0.717) is 14.3 Å². The first kappa shape index (κ1) is 24.6. The van der Waals surface area contributed by atoms with Gasteiger partial charge in [0.05, 0.1) is 0 Å². The molecule has 0 aromatic heterocycles. The normalized spacial score (nSPS) is 14.8. The maximum atomic E-state index is 11.7. The molecule has 2 nitrogen and oxygen atoms in total. The lowest BCUT2D eigenvalue weighted by Crippen LogP contribution is -2.24. The van der Waals surface area contributed by atoms with Gasteiger partial charge in [-0.25, -0.2) is 0 Å². The Morgan fingerprint density at radius 2 is 1.53 bits per heavy atom. The molecule has 0 saturated heterocycles. The van der Waals surface area contributed by atoms with Crippen molar-refractivity contribution in [2.75, 3.05) is 0 Å². The molecule has 0 aliphatic heterocycles. The highest BCUT2D eigenvalue weighted by molar-refractivity contribution is 7.48. The summed E-state index contributed by atoms with van der Waals surface area (Å²) in [6.07, 6.45) is 4.10. The first-order valence-corrected chi connectivity index (χ1v) is 12.0. The van der Waals surface area contributed by atoms with Gasteiger partial charge in [-0.05, 0) is 33.7 Å². The molecule has 0 fully saturated rings. The smallest absolute Gasteiger partial charge is 0.150 e. The first-order chi connectivity index (χ1) is 13.8. The van der Waals surface area contributed by atoms with Gasteiger partial charge in [0.1, 0.15) is 5.75 Å². The van der Waals surface area contributed by atoms with Crippen molar-refractivity contribution in [1.29, 1.82) is 0 Å². The van der Waals surface area contributed by atoms with Crippen LogP contribution in [0.4, 0.5) is 0 Å². The zero-order valence-electron chi connectivity index (χ0n) is 20.0. The number of unbranched alkanes of at least 4 members (excludes halogenated alkanes) is 1. The summed E-state index contributed by atoms with van der Waals surface area (Å²) in [6.45, 7) is 17.6. The van der Waals surface area contributed by atoms with Crippen molar-refractivity contribution >= 4 is 20.2 Å². The number of hydrogen-bond donors (Lipinski definition) is 1. The molecule has 0 amide bonds. The maximum Gasteiger partial charge on any atom is 0.150 e. The number of aromatic hydroxyl groups is 1.